The van der Waals surface area contributed by atoms with Crippen LogP contribution in [0.3, 0.4) is 0 Å². The molecule has 2 aromatic rings. The summed E-state index contributed by atoms with van der Waals surface area (Å²) in [6, 6.07) is 3.53. The molecule has 1 fully saturated rings. The normalized spacial score (nSPS) is 17.1. The quantitative estimate of drug-likeness (QED) is 0.664. The van der Waals surface area contributed by atoms with Crippen LogP contribution < -0.4 is 4.72 Å². The highest BCUT2D eigenvalue weighted by molar-refractivity contribution is 7.91. The number of rotatable bonds is 8. The van der Waals surface area contributed by atoms with Gasteiger partial charge < -0.3 is 9.42 Å². The summed E-state index contributed by atoms with van der Waals surface area (Å²) >= 11 is 0.848. The third kappa shape index (κ3) is 5.79. The monoisotopic (exact) mass is 452 g/mol. The predicted molar refractivity (Wildman–Crippen MR) is 103 cm³/mol. The van der Waals surface area contributed by atoms with Gasteiger partial charge in [-0.15, -0.1) is 11.3 Å². The lowest BCUT2D eigenvalue weighted by atomic mass is 10.3. The average molecular weight is 453 g/mol. The smallest absolute Gasteiger partial charge is 0.351 e. The van der Waals surface area contributed by atoms with Crippen molar-refractivity contribution in [2.75, 3.05) is 45.8 Å². The number of aromatic nitrogens is 1. The van der Waals surface area contributed by atoms with Gasteiger partial charge in [-0.1, -0.05) is 12.1 Å². The predicted octanol–water partition coefficient (Wildman–Crippen LogP) is 2.73. The van der Waals surface area contributed by atoms with Crippen molar-refractivity contribution >= 4 is 21.4 Å². The maximum atomic E-state index is 12.6. The Labute approximate surface area is 171 Å². The molecule has 0 amide bonds. The molecule has 1 N–H and O–H groups in total. The zero-order chi connectivity index (χ0) is 21.1. The van der Waals surface area contributed by atoms with Crippen LogP contribution in [0.1, 0.15) is 19.1 Å². The van der Waals surface area contributed by atoms with Crippen LogP contribution in [0.2, 0.25) is 0 Å². The molecule has 0 aliphatic carbocycles. The van der Waals surface area contributed by atoms with E-state index in [1.54, 1.807) is 0 Å². The van der Waals surface area contributed by atoms with E-state index in [1.165, 1.54) is 12.1 Å². The van der Waals surface area contributed by atoms with Crippen LogP contribution >= 0.6 is 11.3 Å². The molecule has 1 aliphatic heterocycles. The Morgan fingerprint density at radius 3 is 2.41 bits per heavy atom. The Hall–Kier alpha value is -1.47. The largest absolute Gasteiger partial charge is 0.452 e. The van der Waals surface area contributed by atoms with E-state index >= 15 is 0 Å². The van der Waals surface area contributed by atoms with Gasteiger partial charge in [-0.3, -0.25) is 4.90 Å². The number of nitrogens with one attached hydrogen (secondary N) is 1. The third-order valence-electron chi connectivity index (χ3n) is 4.61. The van der Waals surface area contributed by atoms with E-state index in [9.17, 15) is 21.6 Å². The van der Waals surface area contributed by atoms with Gasteiger partial charge in [0.25, 0.3) is 0 Å². The van der Waals surface area contributed by atoms with Crippen LogP contribution in [0.25, 0.3) is 10.6 Å². The highest BCUT2D eigenvalue weighted by Crippen LogP contribution is 2.35. The van der Waals surface area contributed by atoms with Gasteiger partial charge in [0.15, 0.2) is 0 Å². The minimum atomic E-state index is -4.64. The summed E-state index contributed by atoms with van der Waals surface area (Å²) in [5.74, 6) is -1.22. The topological polar surface area (TPSA) is 78.7 Å². The number of nitrogens with zero attached hydrogens (tertiary/aromatic N) is 3. The Morgan fingerprint density at radius 2 is 1.83 bits per heavy atom. The second-order valence-corrected chi connectivity index (χ2v) is 9.85. The molecule has 0 aromatic carbocycles. The molecular weight excluding hydrogens is 429 g/mol. The van der Waals surface area contributed by atoms with E-state index in [4.69, 9.17) is 0 Å². The Morgan fingerprint density at radius 1 is 1.17 bits per heavy atom. The summed E-state index contributed by atoms with van der Waals surface area (Å²) in [5, 5.41) is 3.38. The fourth-order valence-electron chi connectivity index (χ4n) is 3.09. The van der Waals surface area contributed by atoms with E-state index in [-0.39, 0.29) is 21.3 Å². The number of hydrogen-bond donors (Lipinski definition) is 1. The van der Waals surface area contributed by atoms with Gasteiger partial charge in [0, 0.05) is 45.3 Å². The van der Waals surface area contributed by atoms with Crippen LogP contribution in [0, 0.1) is 0 Å². The molecule has 3 rings (SSSR count). The van der Waals surface area contributed by atoms with Crippen LogP contribution in [0.15, 0.2) is 26.9 Å². The molecule has 0 unspecified atom stereocenters. The number of thiophene rings is 1. The van der Waals surface area contributed by atoms with Crippen LogP contribution in [0.4, 0.5) is 13.2 Å². The zero-order valence-corrected chi connectivity index (χ0v) is 17.5. The molecule has 7 nitrogen and oxygen atoms in total. The van der Waals surface area contributed by atoms with Crippen molar-refractivity contribution in [2.24, 2.45) is 0 Å². The molecule has 0 spiro atoms. The maximum Gasteiger partial charge on any atom is 0.452 e. The first-order valence-electron chi connectivity index (χ1n) is 9.27. The maximum absolute atomic E-state index is 12.6. The molecule has 29 heavy (non-hydrogen) atoms. The molecular formula is C17H23F3N4O3S2. The molecule has 0 saturated carbocycles. The highest BCUT2D eigenvalue weighted by Gasteiger charge is 2.36. The van der Waals surface area contributed by atoms with Crippen molar-refractivity contribution in [3.05, 3.63) is 24.0 Å². The lowest BCUT2D eigenvalue weighted by molar-refractivity contribution is -0.155. The summed E-state index contributed by atoms with van der Waals surface area (Å²) < 4.78 is 69.7. The number of sulfonamides is 1. The minimum Gasteiger partial charge on any atom is -0.351 e. The second-order valence-electron chi connectivity index (χ2n) is 6.77. The summed E-state index contributed by atoms with van der Waals surface area (Å²) in [6.45, 7) is 7.86. The van der Waals surface area contributed by atoms with E-state index in [0.29, 0.717) is 6.54 Å². The Balaban J connectivity index is 1.53. The first-order valence-corrected chi connectivity index (χ1v) is 11.6. The van der Waals surface area contributed by atoms with Crippen molar-refractivity contribution in [1.82, 2.24) is 19.7 Å². The van der Waals surface area contributed by atoms with Crippen LogP contribution in [-0.2, 0) is 16.2 Å². The lowest BCUT2D eigenvalue weighted by Crippen LogP contribution is -2.48. The fourth-order valence-corrected chi connectivity index (χ4v) is 5.41. The SMILES string of the molecule is CCCN1CCN(CCNS(=O)(=O)c2ccc(-c3cc(C(F)(F)F)on3)s2)CC1. The fraction of sp³-hybridized carbons (Fsp3) is 0.588. The molecule has 0 atom stereocenters. The van der Waals surface area contributed by atoms with Crippen LogP contribution in [0.5, 0.6) is 0 Å². The molecule has 0 bridgehead atoms. The van der Waals surface area contributed by atoms with Crippen molar-refractivity contribution in [2.45, 2.75) is 23.7 Å². The minimum absolute atomic E-state index is 0.0248. The van der Waals surface area contributed by atoms with Gasteiger partial charge >= 0.3 is 6.18 Å². The van der Waals surface area contributed by atoms with Gasteiger partial charge in [0.05, 0.1) is 4.88 Å². The van der Waals surface area contributed by atoms with Gasteiger partial charge in [-0.2, -0.15) is 13.2 Å². The number of halogens is 3. The second kappa shape index (κ2) is 9.13. The van der Waals surface area contributed by atoms with E-state index in [0.717, 1.165) is 56.5 Å². The first kappa shape index (κ1) is 22.2. The van der Waals surface area contributed by atoms with Gasteiger partial charge in [0.2, 0.25) is 15.8 Å². The standard InChI is InChI=1S/C17H23F3N4O3S2/c1-2-6-23-8-10-24(11-9-23)7-5-21-29(25,26)16-4-3-14(28-16)13-12-15(27-22-13)17(18,19)20/h3-4,12,21H,2,5-11H2,1H3. The highest BCUT2D eigenvalue weighted by atomic mass is 32.2. The molecule has 3 heterocycles. The molecule has 1 saturated heterocycles. The molecule has 0 radical (unpaired) electrons. The average Bonchev–Trinajstić information content (AvgIpc) is 3.33. The number of alkyl halides is 3. The molecule has 12 heteroatoms. The lowest BCUT2D eigenvalue weighted by Gasteiger charge is -2.34. The number of piperazine rings is 1. The van der Waals surface area contributed by atoms with Crippen LogP contribution in [-0.4, -0.2) is 69.2 Å². The van der Waals surface area contributed by atoms with Crippen molar-refractivity contribution in [3.8, 4) is 10.6 Å². The molecule has 162 valence electrons. The summed E-state index contributed by atoms with van der Waals surface area (Å²) in [7, 11) is -3.74. The Kier molecular flexibility index (Phi) is 6.99. The molecule has 2 aromatic heterocycles. The third-order valence-corrected chi connectivity index (χ3v) is 7.67. The van der Waals surface area contributed by atoms with E-state index in [2.05, 4.69) is 31.1 Å². The van der Waals surface area contributed by atoms with Gasteiger partial charge in [-0.25, -0.2) is 13.1 Å². The summed E-state index contributed by atoms with van der Waals surface area (Å²) in [4.78, 5) is 4.89. The molecule has 1 aliphatic rings. The van der Waals surface area contributed by atoms with Crippen molar-refractivity contribution in [3.63, 3.8) is 0 Å². The summed E-state index contributed by atoms with van der Waals surface area (Å²) in [6.07, 6.45) is -3.52. The van der Waals surface area contributed by atoms with Gasteiger partial charge in [0.1, 0.15) is 9.90 Å². The van der Waals surface area contributed by atoms with E-state index < -0.39 is 22.0 Å². The van der Waals surface area contributed by atoms with E-state index in [1.807, 2.05) is 0 Å². The Bertz CT molecular complexity index is 903. The van der Waals surface area contributed by atoms with Crippen molar-refractivity contribution in [1.29, 1.82) is 0 Å². The summed E-state index contributed by atoms with van der Waals surface area (Å²) in [5.41, 5.74) is -0.0475. The number of hydrogen-bond acceptors (Lipinski definition) is 7. The van der Waals surface area contributed by atoms with Gasteiger partial charge in [-0.05, 0) is 25.1 Å². The zero-order valence-electron chi connectivity index (χ0n) is 15.9. The first-order chi connectivity index (χ1) is 13.7. The van der Waals surface area contributed by atoms with Crippen molar-refractivity contribution < 1.29 is 26.1 Å².